The second-order valence-electron chi connectivity index (χ2n) is 4.41. The molecule has 0 unspecified atom stereocenters. The van der Waals surface area contributed by atoms with Gasteiger partial charge in [-0.1, -0.05) is 32.0 Å². The maximum atomic E-state index is 12.2. The minimum absolute atomic E-state index is 0.252. The van der Waals surface area contributed by atoms with Gasteiger partial charge in [0.15, 0.2) is 0 Å². The zero-order valence-electron chi connectivity index (χ0n) is 10.9. The van der Waals surface area contributed by atoms with Gasteiger partial charge in [-0.2, -0.15) is 0 Å². The third-order valence-electron chi connectivity index (χ3n) is 3.30. The van der Waals surface area contributed by atoms with E-state index in [1.807, 2.05) is 26.0 Å². The molecule has 0 saturated carbocycles. The first-order valence-electron chi connectivity index (χ1n) is 6.24. The van der Waals surface area contributed by atoms with Crippen LogP contribution in [0, 0.1) is 0 Å². The topological polar surface area (TPSA) is 69.6 Å². The Labute approximate surface area is 108 Å². The van der Waals surface area contributed by atoms with Gasteiger partial charge in [0.1, 0.15) is 0 Å². The molecular formula is C14H21NO3. The molecule has 0 aromatic heterocycles. The van der Waals surface area contributed by atoms with E-state index in [2.05, 4.69) is 5.32 Å². The molecule has 3 N–H and O–H groups in total. The molecule has 0 atom stereocenters. The van der Waals surface area contributed by atoms with Gasteiger partial charge in [-0.05, 0) is 24.5 Å². The van der Waals surface area contributed by atoms with Crippen molar-refractivity contribution in [1.29, 1.82) is 0 Å². The first kappa shape index (κ1) is 14.7. The molecule has 1 amide bonds. The van der Waals surface area contributed by atoms with E-state index < -0.39 is 5.54 Å². The lowest BCUT2D eigenvalue weighted by Crippen LogP contribution is -2.53. The highest BCUT2D eigenvalue weighted by molar-refractivity contribution is 5.96. The number of nitrogens with one attached hydrogen (secondary N) is 1. The average molecular weight is 251 g/mol. The first-order valence-corrected chi connectivity index (χ1v) is 6.24. The molecule has 0 radical (unpaired) electrons. The summed E-state index contributed by atoms with van der Waals surface area (Å²) >= 11 is 0. The summed E-state index contributed by atoms with van der Waals surface area (Å²) in [7, 11) is 0. The molecule has 0 aliphatic carbocycles. The molecule has 0 aliphatic heterocycles. The predicted octanol–water partition coefficient (Wildman–Crippen LogP) is 1.11. The van der Waals surface area contributed by atoms with E-state index in [1.54, 1.807) is 12.1 Å². The minimum atomic E-state index is -0.946. The van der Waals surface area contributed by atoms with Crippen molar-refractivity contribution in [2.24, 2.45) is 0 Å². The molecule has 0 heterocycles. The van der Waals surface area contributed by atoms with Gasteiger partial charge in [0.25, 0.3) is 5.91 Å². The van der Waals surface area contributed by atoms with E-state index in [0.717, 1.165) is 12.0 Å². The lowest BCUT2D eigenvalue weighted by Gasteiger charge is -2.30. The van der Waals surface area contributed by atoms with Gasteiger partial charge in [0.05, 0.1) is 18.8 Å². The van der Waals surface area contributed by atoms with Crippen molar-refractivity contribution in [2.75, 3.05) is 13.2 Å². The molecule has 4 heteroatoms. The van der Waals surface area contributed by atoms with Crippen LogP contribution in [0.4, 0.5) is 0 Å². The average Bonchev–Trinajstić information content (AvgIpc) is 2.44. The monoisotopic (exact) mass is 251 g/mol. The van der Waals surface area contributed by atoms with Crippen molar-refractivity contribution in [2.45, 2.75) is 32.2 Å². The van der Waals surface area contributed by atoms with E-state index in [9.17, 15) is 15.0 Å². The molecule has 0 fully saturated rings. The van der Waals surface area contributed by atoms with E-state index in [0.29, 0.717) is 12.0 Å². The molecule has 1 rings (SSSR count). The Balaban J connectivity index is 2.94. The molecular weight excluding hydrogens is 230 g/mol. The third kappa shape index (κ3) is 3.09. The number of aliphatic hydroxyl groups excluding tert-OH is 2. The number of carbonyl (C=O) groups is 1. The lowest BCUT2D eigenvalue weighted by molar-refractivity contribution is 0.0652. The maximum Gasteiger partial charge on any atom is 0.252 e. The fourth-order valence-corrected chi connectivity index (χ4v) is 1.80. The van der Waals surface area contributed by atoms with Crippen molar-refractivity contribution >= 4 is 5.91 Å². The Kier molecular flexibility index (Phi) is 5.31. The van der Waals surface area contributed by atoms with Crippen LogP contribution in [0.25, 0.3) is 0 Å². The number of rotatable bonds is 6. The molecule has 18 heavy (non-hydrogen) atoms. The molecule has 1 aromatic rings. The SMILES string of the molecule is CCc1ccccc1C(=O)NC(CC)(CO)CO. The molecule has 0 spiro atoms. The summed E-state index contributed by atoms with van der Waals surface area (Å²) in [6.07, 6.45) is 1.24. The van der Waals surface area contributed by atoms with Gasteiger partial charge in [0.2, 0.25) is 0 Å². The summed E-state index contributed by atoms with van der Waals surface area (Å²) in [4.78, 5) is 12.2. The van der Waals surface area contributed by atoms with Crippen LogP contribution in [0.1, 0.15) is 36.2 Å². The number of hydrogen-bond acceptors (Lipinski definition) is 3. The Hall–Kier alpha value is -1.39. The van der Waals surface area contributed by atoms with Crippen LogP contribution in [0.15, 0.2) is 24.3 Å². The highest BCUT2D eigenvalue weighted by Gasteiger charge is 2.29. The predicted molar refractivity (Wildman–Crippen MR) is 70.5 cm³/mol. The zero-order chi connectivity index (χ0) is 13.6. The molecule has 0 saturated heterocycles. The van der Waals surface area contributed by atoms with Crippen molar-refractivity contribution < 1.29 is 15.0 Å². The molecule has 100 valence electrons. The summed E-state index contributed by atoms with van der Waals surface area (Å²) in [5.74, 6) is -0.252. The van der Waals surface area contributed by atoms with Gasteiger partial charge in [-0.3, -0.25) is 4.79 Å². The van der Waals surface area contributed by atoms with E-state index in [-0.39, 0.29) is 19.1 Å². The minimum Gasteiger partial charge on any atom is -0.394 e. The number of carbonyl (C=O) groups excluding carboxylic acids is 1. The maximum absolute atomic E-state index is 12.2. The summed E-state index contributed by atoms with van der Waals surface area (Å²) < 4.78 is 0. The Bertz CT molecular complexity index is 392. The number of benzene rings is 1. The summed E-state index contributed by atoms with van der Waals surface area (Å²) in [5, 5.41) is 21.4. The van der Waals surface area contributed by atoms with Crippen molar-refractivity contribution in [3.8, 4) is 0 Å². The van der Waals surface area contributed by atoms with Crippen LogP contribution >= 0.6 is 0 Å². The third-order valence-corrected chi connectivity index (χ3v) is 3.30. The van der Waals surface area contributed by atoms with Crippen LogP contribution in [0.2, 0.25) is 0 Å². The van der Waals surface area contributed by atoms with E-state index in [1.165, 1.54) is 0 Å². The van der Waals surface area contributed by atoms with Crippen molar-refractivity contribution in [1.82, 2.24) is 5.32 Å². The smallest absolute Gasteiger partial charge is 0.252 e. The number of hydrogen-bond donors (Lipinski definition) is 3. The fourth-order valence-electron chi connectivity index (χ4n) is 1.80. The standard InChI is InChI=1S/C14H21NO3/c1-3-11-7-5-6-8-12(11)13(18)15-14(4-2,9-16)10-17/h5-8,16-17H,3-4,9-10H2,1-2H3,(H,15,18). The summed E-state index contributed by atoms with van der Waals surface area (Å²) in [6, 6.07) is 7.35. The van der Waals surface area contributed by atoms with Gasteiger partial charge in [0, 0.05) is 5.56 Å². The van der Waals surface area contributed by atoms with Crippen LogP contribution in [-0.4, -0.2) is 34.9 Å². The normalized spacial score (nSPS) is 11.3. The lowest BCUT2D eigenvalue weighted by atomic mass is 9.96. The Morgan fingerprint density at radius 3 is 2.33 bits per heavy atom. The summed E-state index contributed by atoms with van der Waals surface area (Å²) in [5.41, 5.74) is 0.605. The Morgan fingerprint density at radius 2 is 1.83 bits per heavy atom. The van der Waals surface area contributed by atoms with Gasteiger partial charge in [-0.25, -0.2) is 0 Å². The second-order valence-corrected chi connectivity index (χ2v) is 4.41. The van der Waals surface area contributed by atoms with Crippen LogP contribution < -0.4 is 5.32 Å². The summed E-state index contributed by atoms with van der Waals surface area (Å²) in [6.45, 7) is 3.25. The highest BCUT2D eigenvalue weighted by Crippen LogP contribution is 2.13. The van der Waals surface area contributed by atoms with Gasteiger partial charge >= 0.3 is 0 Å². The molecule has 4 nitrogen and oxygen atoms in total. The zero-order valence-corrected chi connectivity index (χ0v) is 10.9. The van der Waals surface area contributed by atoms with E-state index in [4.69, 9.17) is 0 Å². The van der Waals surface area contributed by atoms with Gasteiger partial charge in [-0.15, -0.1) is 0 Å². The second kappa shape index (κ2) is 6.52. The molecule has 0 bridgehead atoms. The van der Waals surface area contributed by atoms with Crippen molar-refractivity contribution in [3.05, 3.63) is 35.4 Å². The van der Waals surface area contributed by atoms with Crippen molar-refractivity contribution in [3.63, 3.8) is 0 Å². The van der Waals surface area contributed by atoms with Crippen LogP contribution in [0.3, 0.4) is 0 Å². The highest BCUT2D eigenvalue weighted by atomic mass is 16.3. The van der Waals surface area contributed by atoms with Crippen LogP contribution in [0.5, 0.6) is 0 Å². The first-order chi connectivity index (χ1) is 8.62. The van der Waals surface area contributed by atoms with E-state index >= 15 is 0 Å². The number of amides is 1. The Morgan fingerprint density at radius 1 is 1.22 bits per heavy atom. The van der Waals surface area contributed by atoms with Gasteiger partial charge < -0.3 is 15.5 Å². The number of aryl methyl sites for hydroxylation is 1. The molecule has 1 aromatic carbocycles. The number of aliphatic hydroxyl groups is 2. The van der Waals surface area contributed by atoms with Crippen LogP contribution in [-0.2, 0) is 6.42 Å². The largest absolute Gasteiger partial charge is 0.394 e. The fraction of sp³-hybridized carbons (Fsp3) is 0.500. The quantitative estimate of drug-likeness (QED) is 0.709. The molecule has 0 aliphatic rings.